The van der Waals surface area contributed by atoms with Crippen LogP contribution in [0.1, 0.15) is 61.5 Å². The fraction of sp³-hybridized carbons (Fsp3) is 0.562. The van der Waals surface area contributed by atoms with E-state index in [1.165, 1.54) is 31.4 Å². The Balaban J connectivity index is 1.77. The van der Waals surface area contributed by atoms with Crippen LogP contribution >= 0.6 is 0 Å². The van der Waals surface area contributed by atoms with E-state index in [-0.39, 0.29) is 0 Å². The average molecular weight is 283 g/mol. The van der Waals surface area contributed by atoms with Crippen LogP contribution in [-0.4, -0.2) is 26.3 Å². The average Bonchev–Trinajstić information content (AvgIpc) is 3.40. The standard InChI is InChI=1S/C16H21N5/c1-3-17-14-10(2)16(19-15(18-14)12-6-7-12)21-9-8-13(20-21)11-4-5-11/h8-9,11-12H,3-7H2,1-2H3,(H,17,18,19). The molecule has 2 fully saturated rings. The lowest BCUT2D eigenvalue weighted by Gasteiger charge is -2.13. The highest BCUT2D eigenvalue weighted by Gasteiger charge is 2.29. The zero-order chi connectivity index (χ0) is 14.4. The Morgan fingerprint density at radius 1 is 1.19 bits per heavy atom. The number of anilines is 1. The second-order valence-electron chi connectivity index (χ2n) is 6.14. The number of nitrogens with one attached hydrogen (secondary N) is 1. The molecule has 110 valence electrons. The SMILES string of the molecule is CCNc1nc(C2CC2)nc(-n2ccc(C3CC3)n2)c1C. The van der Waals surface area contributed by atoms with Gasteiger partial charge >= 0.3 is 0 Å². The molecule has 1 N–H and O–H groups in total. The van der Waals surface area contributed by atoms with Gasteiger partial charge in [0.2, 0.25) is 0 Å². The summed E-state index contributed by atoms with van der Waals surface area (Å²) in [4.78, 5) is 9.49. The highest BCUT2D eigenvalue weighted by atomic mass is 15.3. The minimum atomic E-state index is 0.542. The van der Waals surface area contributed by atoms with Crippen molar-refractivity contribution in [3.63, 3.8) is 0 Å². The van der Waals surface area contributed by atoms with Crippen molar-refractivity contribution >= 4 is 5.82 Å². The van der Waals surface area contributed by atoms with Gasteiger partial charge in [-0.3, -0.25) is 0 Å². The lowest BCUT2D eigenvalue weighted by molar-refractivity contribution is 0.780. The van der Waals surface area contributed by atoms with E-state index in [0.717, 1.165) is 29.6 Å². The third kappa shape index (κ3) is 2.41. The van der Waals surface area contributed by atoms with Crippen LogP contribution in [0.3, 0.4) is 0 Å². The lowest BCUT2D eigenvalue weighted by atomic mass is 10.2. The van der Waals surface area contributed by atoms with E-state index in [1.807, 2.05) is 10.9 Å². The van der Waals surface area contributed by atoms with Crippen molar-refractivity contribution in [3.05, 3.63) is 29.3 Å². The van der Waals surface area contributed by atoms with Gasteiger partial charge in [-0.15, -0.1) is 0 Å². The Hall–Kier alpha value is -1.91. The second kappa shape index (κ2) is 4.83. The van der Waals surface area contributed by atoms with E-state index in [0.29, 0.717) is 11.8 Å². The Labute approximate surface area is 124 Å². The van der Waals surface area contributed by atoms with Gasteiger partial charge in [0, 0.05) is 30.1 Å². The fourth-order valence-electron chi connectivity index (χ4n) is 2.66. The normalized spacial score (nSPS) is 18.0. The van der Waals surface area contributed by atoms with Crippen molar-refractivity contribution in [1.82, 2.24) is 19.7 Å². The number of hydrogen-bond acceptors (Lipinski definition) is 4. The summed E-state index contributed by atoms with van der Waals surface area (Å²) in [7, 11) is 0. The van der Waals surface area contributed by atoms with Gasteiger partial charge in [-0.1, -0.05) is 0 Å². The molecule has 4 rings (SSSR count). The Kier molecular flexibility index (Phi) is 2.94. The molecule has 5 heteroatoms. The molecular formula is C16H21N5. The molecule has 0 spiro atoms. The van der Waals surface area contributed by atoms with Crippen LogP contribution in [0.4, 0.5) is 5.82 Å². The van der Waals surface area contributed by atoms with Gasteiger partial charge in [0.25, 0.3) is 0 Å². The minimum Gasteiger partial charge on any atom is -0.370 e. The molecule has 21 heavy (non-hydrogen) atoms. The van der Waals surface area contributed by atoms with Crippen molar-refractivity contribution in [2.45, 2.75) is 51.4 Å². The molecule has 2 aromatic rings. The molecular weight excluding hydrogens is 262 g/mol. The molecule has 2 heterocycles. The second-order valence-corrected chi connectivity index (χ2v) is 6.14. The van der Waals surface area contributed by atoms with Crippen LogP contribution in [-0.2, 0) is 0 Å². The first-order valence-electron chi connectivity index (χ1n) is 7.94. The summed E-state index contributed by atoms with van der Waals surface area (Å²) in [5.41, 5.74) is 2.28. The van der Waals surface area contributed by atoms with Gasteiger partial charge in [0.05, 0.1) is 5.69 Å². The summed E-state index contributed by atoms with van der Waals surface area (Å²) in [6.45, 7) is 5.04. The smallest absolute Gasteiger partial charge is 0.162 e. The predicted molar refractivity (Wildman–Crippen MR) is 82.0 cm³/mol. The monoisotopic (exact) mass is 283 g/mol. The summed E-state index contributed by atoms with van der Waals surface area (Å²) in [6, 6.07) is 2.13. The summed E-state index contributed by atoms with van der Waals surface area (Å²) >= 11 is 0. The highest BCUT2D eigenvalue weighted by Crippen LogP contribution is 2.40. The molecule has 0 bridgehead atoms. The van der Waals surface area contributed by atoms with Crippen LogP contribution in [0, 0.1) is 6.92 Å². The predicted octanol–water partition coefficient (Wildman–Crippen LogP) is 3.16. The van der Waals surface area contributed by atoms with Crippen LogP contribution < -0.4 is 5.32 Å². The maximum Gasteiger partial charge on any atom is 0.162 e. The van der Waals surface area contributed by atoms with Gasteiger partial charge < -0.3 is 5.32 Å². The number of hydrogen-bond donors (Lipinski definition) is 1. The molecule has 2 aromatic heterocycles. The van der Waals surface area contributed by atoms with E-state index in [2.05, 4.69) is 25.2 Å². The summed E-state index contributed by atoms with van der Waals surface area (Å²) in [6.07, 6.45) is 7.00. The quantitative estimate of drug-likeness (QED) is 0.915. The zero-order valence-electron chi connectivity index (χ0n) is 12.6. The van der Waals surface area contributed by atoms with Crippen molar-refractivity contribution in [3.8, 4) is 5.82 Å². The Bertz CT molecular complexity index is 667. The molecule has 5 nitrogen and oxygen atoms in total. The summed E-state index contributed by atoms with van der Waals surface area (Å²) < 4.78 is 1.93. The summed E-state index contributed by atoms with van der Waals surface area (Å²) in [5.74, 6) is 4.06. The molecule has 2 saturated carbocycles. The van der Waals surface area contributed by atoms with Gasteiger partial charge in [-0.2, -0.15) is 5.10 Å². The first-order chi connectivity index (χ1) is 10.3. The maximum atomic E-state index is 4.79. The van der Waals surface area contributed by atoms with Gasteiger partial charge in [0.15, 0.2) is 5.82 Å². The molecule has 0 aliphatic heterocycles. The highest BCUT2D eigenvalue weighted by molar-refractivity contribution is 5.52. The number of aromatic nitrogens is 4. The molecule has 2 aliphatic carbocycles. The Morgan fingerprint density at radius 2 is 1.95 bits per heavy atom. The number of rotatable bonds is 5. The number of nitrogens with zero attached hydrogens (tertiary/aromatic N) is 4. The largest absolute Gasteiger partial charge is 0.370 e. The van der Waals surface area contributed by atoms with Crippen molar-refractivity contribution < 1.29 is 0 Å². The third-order valence-electron chi connectivity index (χ3n) is 4.25. The van der Waals surface area contributed by atoms with E-state index < -0.39 is 0 Å². The molecule has 0 aromatic carbocycles. The van der Waals surface area contributed by atoms with E-state index >= 15 is 0 Å². The minimum absolute atomic E-state index is 0.542. The first-order valence-corrected chi connectivity index (χ1v) is 7.94. The lowest BCUT2D eigenvalue weighted by Crippen LogP contribution is -2.11. The molecule has 0 saturated heterocycles. The molecule has 0 unspecified atom stereocenters. The summed E-state index contributed by atoms with van der Waals surface area (Å²) in [5, 5.41) is 8.08. The van der Waals surface area contributed by atoms with Gasteiger partial charge in [0.1, 0.15) is 11.6 Å². The topological polar surface area (TPSA) is 55.6 Å². The first kappa shape index (κ1) is 12.8. The van der Waals surface area contributed by atoms with Crippen molar-refractivity contribution in [1.29, 1.82) is 0 Å². The molecule has 0 radical (unpaired) electrons. The fourth-order valence-corrected chi connectivity index (χ4v) is 2.66. The Morgan fingerprint density at radius 3 is 2.62 bits per heavy atom. The van der Waals surface area contributed by atoms with Crippen LogP contribution in [0.25, 0.3) is 5.82 Å². The molecule has 2 aliphatic rings. The van der Waals surface area contributed by atoms with E-state index in [9.17, 15) is 0 Å². The van der Waals surface area contributed by atoms with Gasteiger partial charge in [-0.05, 0) is 45.6 Å². The van der Waals surface area contributed by atoms with E-state index in [1.54, 1.807) is 0 Å². The van der Waals surface area contributed by atoms with Crippen LogP contribution in [0.2, 0.25) is 0 Å². The third-order valence-corrected chi connectivity index (χ3v) is 4.25. The molecule has 0 amide bonds. The zero-order valence-corrected chi connectivity index (χ0v) is 12.6. The van der Waals surface area contributed by atoms with Crippen molar-refractivity contribution in [2.24, 2.45) is 0 Å². The van der Waals surface area contributed by atoms with Gasteiger partial charge in [-0.25, -0.2) is 14.6 Å². The van der Waals surface area contributed by atoms with E-state index in [4.69, 9.17) is 15.1 Å². The maximum absolute atomic E-state index is 4.79. The van der Waals surface area contributed by atoms with Crippen LogP contribution in [0.15, 0.2) is 12.3 Å². The molecule has 0 atom stereocenters. The van der Waals surface area contributed by atoms with Crippen molar-refractivity contribution in [2.75, 3.05) is 11.9 Å². The van der Waals surface area contributed by atoms with Crippen LogP contribution in [0.5, 0.6) is 0 Å².